The molecule has 3 aliphatic heterocycles. The van der Waals surface area contributed by atoms with Crippen LogP contribution in [0.1, 0.15) is 142 Å². The van der Waals surface area contributed by atoms with Gasteiger partial charge in [0.15, 0.2) is 17.7 Å². The van der Waals surface area contributed by atoms with Gasteiger partial charge in [0, 0.05) is 38.3 Å². The van der Waals surface area contributed by atoms with E-state index in [9.17, 15) is 97.3 Å². The van der Waals surface area contributed by atoms with Crippen molar-refractivity contribution >= 4 is 57.7 Å². The van der Waals surface area contributed by atoms with Crippen LogP contribution >= 0.6 is 0 Å². The van der Waals surface area contributed by atoms with Gasteiger partial charge in [-0.15, -0.1) is 0 Å². The predicted molar refractivity (Wildman–Crippen MR) is 282 cm³/mol. The average molecular weight is 1180 g/mol. The molecule has 8 amide bonds. The van der Waals surface area contributed by atoms with Crippen molar-refractivity contribution in [3.05, 3.63) is 23.8 Å². The van der Waals surface area contributed by atoms with E-state index in [1.165, 1.54) is 45.4 Å². The van der Waals surface area contributed by atoms with E-state index in [4.69, 9.17) is 5.73 Å². The number of amides is 8. The summed E-state index contributed by atoms with van der Waals surface area (Å²) in [6, 6.07) is -10.5. The van der Waals surface area contributed by atoms with Crippen molar-refractivity contribution in [2.24, 2.45) is 11.7 Å². The van der Waals surface area contributed by atoms with Gasteiger partial charge in [-0.05, 0) is 31.0 Å². The summed E-state index contributed by atoms with van der Waals surface area (Å²) in [5.74, 6) is -13.3. The lowest BCUT2D eigenvalue weighted by atomic mass is 9.96. The van der Waals surface area contributed by atoms with Crippen LogP contribution in [0.25, 0.3) is 0 Å². The summed E-state index contributed by atoms with van der Waals surface area (Å²) in [4.78, 5) is 113. The maximum Gasteiger partial charge on any atom is 0.446 e. The Morgan fingerprint density at radius 3 is 1.86 bits per heavy atom. The normalized spacial score (nSPS) is 28.0. The number of phenolic OH excluding ortho intramolecular Hbond substituents is 1. The van der Waals surface area contributed by atoms with Gasteiger partial charge in [0.2, 0.25) is 47.3 Å². The fourth-order valence-corrected chi connectivity index (χ4v) is 10.4. The van der Waals surface area contributed by atoms with Crippen LogP contribution < -0.4 is 36.5 Å². The number of nitrogens with zero attached hydrogens (tertiary/aromatic N) is 2. The first-order valence-corrected chi connectivity index (χ1v) is 28.8. The van der Waals surface area contributed by atoms with Gasteiger partial charge in [-0.3, -0.25) is 42.9 Å². The number of benzene rings is 1. The zero-order chi connectivity index (χ0) is 60.5. The molecule has 30 heteroatoms. The minimum atomic E-state index is -5.33. The maximum absolute atomic E-state index is 14.6. The van der Waals surface area contributed by atoms with Gasteiger partial charge >= 0.3 is 10.4 Å². The summed E-state index contributed by atoms with van der Waals surface area (Å²) in [5, 5.41) is 111. The van der Waals surface area contributed by atoms with Crippen LogP contribution in [-0.4, -0.2) is 208 Å². The second-order valence-electron chi connectivity index (χ2n) is 21.3. The van der Waals surface area contributed by atoms with Gasteiger partial charge in [-0.1, -0.05) is 97.0 Å². The zero-order valence-corrected chi connectivity index (χ0v) is 46.5. The standard InChI is InChI=1S/C51H82N8O21S/c1-4-5-6-7-8-9-10-11-12-13-14-15-16-17-37(66)53-30-22-34(64)47(72)57-49(74)41-42(67)26(2)24-59(41)51(76)39(33(63)23-36(52)65)55-48(73)40(44(69)43(68)28-18-19-32(62)35(20-28)80-81(77,78)79)56-46(71)31-21-29(61)25-58(31)50(75)38(27(3)60)54-45(30)70/h18-20,26-27,29-31,33-34,38-44,47,60-64,67-69,72H,4-17,21-25H2,1-3H3,(H2,52,65)(H,53,66)(H,54,70)(H,55,73)(H,56,71)(H,57,74)(H,77,78,79)/t26-,27+,29+,30-,31-,33+,34-,38-,39-,40-,41-,42-,43-,44-,47-/m0/s1. The van der Waals surface area contributed by atoms with E-state index in [1.54, 1.807) is 0 Å². The van der Waals surface area contributed by atoms with Crippen LogP contribution in [0.4, 0.5) is 0 Å². The topological polar surface area (TPSA) is 475 Å². The highest BCUT2D eigenvalue weighted by Gasteiger charge is 2.51. The number of phenols is 1. The van der Waals surface area contributed by atoms with E-state index in [0.717, 1.165) is 51.2 Å². The summed E-state index contributed by atoms with van der Waals surface area (Å²) >= 11 is 0. The number of nitrogens with two attached hydrogens (primary N) is 1. The van der Waals surface area contributed by atoms with E-state index in [1.807, 2.05) is 10.6 Å². The lowest BCUT2D eigenvalue weighted by molar-refractivity contribution is -0.149. The molecule has 3 aliphatic rings. The van der Waals surface area contributed by atoms with Crippen molar-refractivity contribution in [2.45, 2.75) is 215 Å². The van der Waals surface area contributed by atoms with Gasteiger partial charge in [0.1, 0.15) is 54.6 Å². The highest BCUT2D eigenvalue weighted by Crippen LogP contribution is 2.33. The number of primary amides is 1. The number of fused-ring (bicyclic) bond motifs is 2. The molecular formula is C51H82N8O21S. The summed E-state index contributed by atoms with van der Waals surface area (Å²) in [5.41, 5.74) is 4.75. The Morgan fingerprint density at radius 1 is 0.741 bits per heavy atom. The molecule has 4 rings (SSSR count). The third-order valence-corrected chi connectivity index (χ3v) is 15.0. The molecule has 0 aliphatic carbocycles. The third-order valence-electron chi connectivity index (χ3n) is 14.6. The van der Waals surface area contributed by atoms with Crippen molar-refractivity contribution in [3.63, 3.8) is 0 Å². The molecule has 3 saturated heterocycles. The number of nitrogens with one attached hydrogen (secondary N) is 5. The van der Waals surface area contributed by atoms with Crippen molar-refractivity contribution < 1.29 is 101 Å². The van der Waals surface area contributed by atoms with Crippen LogP contribution in [0, 0.1) is 5.92 Å². The highest BCUT2D eigenvalue weighted by molar-refractivity contribution is 7.81. The average Bonchev–Trinajstić information content (AvgIpc) is 3.94. The molecule has 15 atom stereocenters. The van der Waals surface area contributed by atoms with Crippen LogP contribution in [0.2, 0.25) is 0 Å². The summed E-state index contributed by atoms with van der Waals surface area (Å²) in [6.07, 6.45) is -6.43. The second-order valence-corrected chi connectivity index (χ2v) is 22.3. The van der Waals surface area contributed by atoms with Crippen LogP contribution in [-0.2, 0) is 48.8 Å². The van der Waals surface area contributed by atoms with Gasteiger partial charge in [0.25, 0.3) is 0 Å². The van der Waals surface area contributed by atoms with E-state index < -0.39 is 198 Å². The number of carbonyl (C=O) groups is 8. The number of aromatic hydroxyl groups is 1. The Kier molecular flexibility index (Phi) is 26.4. The molecule has 458 valence electrons. The molecule has 0 radical (unpaired) electrons. The summed E-state index contributed by atoms with van der Waals surface area (Å²) in [6.45, 7) is 3.39. The molecule has 0 saturated carbocycles. The fraction of sp³-hybridized carbons (Fsp3) is 0.725. The van der Waals surface area contributed by atoms with Crippen LogP contribution in [0.5, 0.6) is 11.5 Å². The SMILES string of the molecule is CCCCCCCCCCCCCCCC(=O)N[C@H]1C[C@H](O)[C@H](O)NC(=O)[C@@H]2[C@@H](O)[C@@H](C)CN2C(=O)[C@H]([C@H](O)CC(N)=O)NC(=O)[C@H]([C@H](O)[C@@H](O)c2ccc(O)c(OS(=O)(=O)O)c2)NC(=O)[C@@H]2C[C@@H](O)CN2C(=O)[C@H]([C@@H](C)O)NC1=O. The molecule has 1 aromatic rings. The molecule has 1 aromatic carbocycles. The number of hydrogen-bond donors (Lipinski definition) is 16. The van der Waals surface area contributed by atoms with E-state index >= 15 is 0 Å². The van der Waals surface area contributed by atoms with Gasteiger partial charge < -0.3 is 92.3 Å². The van der Waals surface area contributed by atoms with E-state index in [2.05, 4.69) is 27.1 Å². The molecule has 3 heterocycles. The van der Waals surface area contributed by atoms with Crippen molar-refractivity contribution in [3.8, 4) is 11.5 Å². The molecule has 3 fully saturated rings. The Bertz CT molecular complexity index is 2440. The van der Waals surface area contributed by atoms with Crippen LogP contribution in [0.3, 0.4) is 0 Å². The number of carbonyl (C=O) groups excluding carboxylic acids is 8. The Hall–Kier alpha value is -5.83. The third kappa shape index (κ3) is 19.9. The Balaban J connectivity index is 1.74. The molecule has 17 N–H and O–H groups in total. The van der Waals surface area contributed by atoms with Crippen molar-refractivity contribution in [2.75, 3.05) is 13.1 Å². The molecular weight excluding hydrogens is 1090 g/mol. The molecule has 29 nitrogen and oxygen atoms in total. The van der Waals surface area contributed by atoms with E-state index in [0.29, 0.717) is 28.7 Å². The highest BCUT2D eigenvalue weighted by atomic mass is 32.3. The molecule has 0 bridgehead atoms. The summed E-state index contributed by atoms with van der Waals surface area (Å²) < 4.78 is 36.6. The van der Waals surface area contributed by atoms with Gasteiger partial charge in [-0.2, -0.15) is 8.42 Å². The Labute approximate surface area is 469 Å². The quantitative estimate of drug-likeness (QED) is 0.0351. The monoisotopic (exact) mass is 1170 g/mol. The molecule has 0 spiro atoms. The first kappa shape index (κ1) is 67.7. The van der Waals surface area contributed by atoms with Crippen LogP contribution in [0.15, 0.2) is 18.2 Å². The number of aliphatic hydroxyl groups excluding tert-OH is 8. The first-order chi connectivity index (χ1) is 38.1. The molecule has 0 unspecified atom stereocenters. The number of aliphatic hydroxyl groups is 8. The lowest BCUT2D eigenvalue weighted by Gasteiger charge is -2.34. The summed E-state index contributed by atoms with van der Waals surface area (Å²) in [7, 11) is -5.33. The minimum Gasteiger partial charge on any atom is -0.504 e. The van der Waals surface area contributed by atoms with Crippen molar-refractivity contribution in [1.29, 1.82) is 0 Å². The Morgan fingerprint density at radius 2 is 1.30 bits per heavy atom. The van der Waals surface area contributed by atoms with Crippen molar-refractivity contribution in [1.82, 2.24) is 36.4 Å². The number of hydrogen-bond acceptors (Lipinski definition) is 20. The first-order valence-electron chi connectivity index (χ1n) is 27.4. The largest absolute Gasteiger partial charge is 0.504 e. The second kappa shape index (κ2) is 31.6. The molecule has 81 heavy (non-hydrogen) atoms. The number of rotatable bonds is 24. The fourth-order valence-electron chi connectivity index (χ4n) is 10.1. The van der Waals surface area contributed by atoms with Gasteiger partial charge in [-0.25, -0.2) is 0 Å². The maximum atomic E-state index is 14.6. The lowest BCUT2D eigenvalue weighted by Crippen LogP contribution is -2.64. The smallest absolute Gasteiger partial charge is 0.446 e. The predicted octanol–water partition coefficient (Wildman–Crippen LogP) is -3.63. The van der Waals surface area contributed by atoms with E-state index in [-0.39, 0.29) is 6.42 Å². The minimum absolute atomic E-state index is 0.114. The van der Waals surface area contributed by atoms with Gasteiger partial charge in [0.05, 0.1) is 30.8 Å². The zero-order valence-electron chi connectivity index (χ0n) is 45.7. The molecule has 0 aromatic heterocycles. The number of unbranched alkanes of at least 4 members (excludes halogenated alkanes) is 12.